The second-order valence-corrected chi connectivity index (χ2v) is 6.84. The highest BCUT2D eigenvalue weighted by molar-refractivity contribution is 6.13. The summed E-state index contributed by atoms with van der Waals surface area (Å²) in [7, 11) is 0. The molecule has 26 heavy (non-hydrogen) atoms. The lowest BCUT2D eigenvalue weighted by molar-refractivity contribution is 0.0589. The number of aliphatic imine (C=N–C) groups is 1. The maximum absolute atomic E-state index is 12.8. The highest BCUT2D eigenvalue weighted by Crippen LogP contribution is 2.19. The first kappa shape index (κ1) is 16.8. The topological polar surface area (TPSA) is 53.9 Å². The van der Waals surface area contributed by atoms with E-state index in [1.165, 1.54) is 0 Å². The van der Waals surface area contributed by atoms with E-state index in [9.17, 15) is 4.79 Å². The van der Waals surface area contributed by atoms with Gasteiger partial charge in [0.05, 0.1) is 6.54 Å². The van der Waals surface area contributed by atoms with Crippen LogP contribution in [0.5, 0.6) is 0 Å². The third-order valence-corrected chi connectivity index (χ3v) is 4.99. The Bertz CT molecular complexity index is 848. The average Bonchev–Trinajstić information content (AvgIpc) is 2.68. The van der Waals surface area contributed by atoms with E-state index in [4.69, 9.17) is 4.74 Å². The first-order valence-electron chi connectivity index (χ1n) is 9.14. The van der Waals surface area contributed by atoms with Gasteiger partial charge in [-0.05, 0) is 35.6 Å². The van der Waals surface area contributed by atoms with Crippen molar-refractivity contribution < 1.29 is 9.53 Å². The Morgan fingerprint density at radius 1 is 1.15 bits per heavy atom. The molecule has 1 fully saturated rings. The molecule has 2 aliphatic rings. The zero-order valence-electron chi connectivity index (χ0n) is 14.7. The van der Waals surface area contributed by atoms with Crippen LogP contribution in [0.4, 0.5) is 0 Å². The van der Waals surface area contributed by atoms with Gasteiger partial charge in [0.25, 0.3) is 5.91 Å². The van der Waals surface area contributed by atoms with Crippen molar-refractivity contribution in [1.82, 2.24) is 10.2 Å². The number of hydrogen-bond donors (Lipinski definition) is 1. The number of fused-ring (bicyclic) bond motifs is 1. The van der Waals surface area contributed by atoms with Crippen LogP contribution < -0.4 is 5.32 Å². The fraction of sp³-hybridized carbons (Fsp3) is 0.333. The number of ether oxygens (including phenoxy) is 1. The molecule has 1 amide bonds. The molecule has 0 saturated carbocycles. The quantitative estimate of drug-likeness (QED) is 0.926. The van der Waals surface area contributed by atoms with E-state index >= 15 is 0 Å². The molecule has 4 rings (SSSR count). The molecule has 134 valence electrons. The van der Waals surface area contributed by atoms with E-state index in [1.807, 2.05) is 48.7 Å². The molecule has 0 unspecified atom stereocenters. The Kier molecular flexibility index (Phi) is 4.97. The normalized spacial score (nSPS) is 18.0. The lowest BCUT2D eigenvalue weighted by Gasteiger charge is -2.30. The molecule has 0 bridgehead atoms. The van der Waals surface area contributed by atoms with E-state index in [1.54, 1.807) is 6.20 Å². The number of hydrogen-bond acceptors (Lipinski definition) is 4. The predicted molar refractivity (Wildman–Crippen MR) is 103 cm³/mol. The molecule has 5 heteroatoms. The van der Waals surface area contributed by atoms with Crippen LogP contribution in [0.25, 0.3) is 10.8 Å². The zero-order chi connectivity index (χ0) is 17.8. The molecule has 1 saturated heterocycles. The van der Waals surface area contributed by atoms with Gasteiger partial charge in [0.15, 0.2) is 0 Å². The maximum Gasteiger partial charge on any atom is 0.257 e. The van der Waals surface area contributed by atoms with E-state index in [0.717, 1.165) is 43.4 Å². The molecular formula is C21H23N3O2. The number of rotatable bonds is 3. The smallest absolute Gasteiger partial charge is 0.257 e. The Morgan fingerprint density at radius 3 is 2.85 bits per heavy atom. The minimum absolute atomic E-state index is 0.109. The van der Waals surface area contributed by atoms with Gasteiger partial charge in [-0.1, -0.05) is 36.4 Å². The van der Waals surface area contributed by atoms with Crippen molar-refractivity contribution in [3.8, 4) is 0 Å². The van der Waals surface area contributed by atoms with Gasteiger partial charge in [-0.25, -0.2) is 4.99 Å². The molecule has 2 aliphatic heterocycles. The van der Waals surface area contributed by atoms with Gasteiger partial charge in [-0.2, -0.15) is 0 Å². The second kappa shape index (κ2) is 7.70. The highest BCUT2D eigenvalue weighted by Gasteiger charge is 2.19. The first-order chi connectivity index (χ1) is 12.8. The van der Waals surface area contributed by atoms with Crippen LogP contribution in [-0.2, 0) is 4.74 Å². The van der Waals surface area contributed by atoms with Crippen molar-refractivity contribution in [2.24, 2.45) is 10.9 Å². The zero-order valence-corrected chi connectivity index (χ0v) is 14.7. The van der Waals surface area contributed by atoms with Gasteiger partial charge < -0.3 is 15.0 Å². The Balaban J connectivity index is 1.42. The summed E-state index contributed by atoms with van der Waals surface area (Å²) in [6.45, 7) is 3.30. The van der Waals surface area contributed by atoms with Gasteiger partial charge >= 0.3 is 0 Å². The van der Waals surface area contributed by atoms with Crippen molar-refractivity contribution in [2.75, 3.05) is 26.3 Å². The number of amidine groups is 1. The number of nitrogens with one attached hydrogen (secondary N) is 1. The summed E-state index contributed by atoms with van der Waals surface area (Å²) in [4.78, 5) is 19.4. The maximum atomic E-state index is 12.8. The van der Waals surface area contributed by atoms with Crippen molar-refractivity contribution in [2.45, 2.75) is 12.8 Å². The molecule has 2 aromatic carbocycles. The largest absolute Gasteiger partial charge is 0.381 e. The fourth-order valence-corrected chi connectivity index (χ4v) is 3.58. The monoisotopic (exact) mass is 349 g/mol. The average molecular weight is 349 g/mol. The number of carbonyl (C=O) groups excluding carboxylic acids is 1. The Hall–Kier alpha value is -2.66. The van der Waals surface area contributed by atoms with E-state index < -0.39 is 0 Å². The number of amides is 1. The predicted octanol–water partition coefficient (Wildman–Crippen LogP) is 3.18. The van der Waals surface area contributed by atoms with Crippen molar-refractivity contribution in [3.05, 3.63) is 60.4 Å². The number of carbonyl (C=O) groups is 1. The Morgan fingerprint density at radius 2 is 1.96 bits per heavy atom. The molecule has 0 aromatic heterocycles. The van der Waals surface area contributed by atoms with Gasteiger partial charge in [-0.3, -0.25) is 4.79 Å². The van der Waals surface area contributed by atoms with Crippen molar-refractivity contribution in [1.29, 1.82) is 0 Å². The number of benzene rings is 2. The van der Waals surface area contributed by atoms with Crippen molar-refractivity contribution in [3.63, 3.8) is 0 Å². The third-order valence-electron chi connectivity index (χ3n) is 4.99. The van der Waals surface area contributed by atoms with Crippen LogP contribution in [0, 0.1) is 5.92 Å². The molecule has 2 aromatic rings. The molecule has 1 N–H and O–H groups in total. The molecule has 0 aliphatic carbocycles. The third kappa shape index (κ3) is 3.78. The standard InChI is InChI=1S/C21H23N3O2/c25-21(19-7-3-5-17-4-1-2-6-18(17)19)23-20-15-24(11-10-22-20)14-16-8-12-26-13-9-16/h1-7,10-11,16H,8-9,12-15H2,(H,22,23,25). The van der Waals surface area contributed by atoms with E-state index in [0.29, 0.717) is 23.9 Å². The highest BCUT2D eigenvalue weighted by atomic mass is 16.5. The fourth-order valence-electron chi connectivity index (χ4n) is 3.58. The van der Waals surface area contributed by atoms with Gasteiger partial charge in [0.1, 0.15) is 5.84 Å². The van der Waals surface area contributed by atoms with Crippen LogP contribution in [0.1, 0.15) is 23.2 Å². The minimum atomic E-state index is -0.109. The van der Waals surface area contributed by atoms with Gasteiger partial charge in [0.2, 0.25) is 0 Å². The minimum Gasteiger partial charge on any atom is -0.381 e. The molecular weight excluding hydrogens is 326 g/mol. The molecule has 5 nitrogen and oxygen atoms in total. The molecule has 0 spiro atoms. The van der Waals surface area contributed by atoms with Crippen LogP contribution in [0.3, 0.4) is 0 Å². The van der Waals surface area contributed by atoms with Gasteiger partial charge in [-0.15, -0.1) is 0 Å². The Labute approximate surface area is 153 Å². The van der Waals surface area contributed by atoms with E-state index in [2.05, 4.69) is 15.2 Å². The second-order valence-electron chi connectivity index (χ2n) is 6.84. The summed E-state index contributed by atoms with van der Waals surface area (Å²) in [6.07, 6.45) is 5.96. The van der Waals surface area contributed by atoms with Crippen LogP contribution in [0.15, 0.2) is 59.9 Å². The molecule has 2 heterocycles. The summed E-state index contributed by atoms with van der Waals surface area (Å²) in [5.41, 5.74) is 0.677. The summed E-state index contributed by atoms with van der Waals surface area (Å²) in [6, 6.07) is 13.7. The molecule has 0 atom stereocenters. The summed E-state index contributed by atoms with van der Waals surface area (Å²) < 4.78 is 5.43. The first-order valence-corrected chi connectivity index (χ1v) is 9.14. The van der Waals surface area contributed by atoms with Crippen LogP contribution in [-0.4, -0.2) is 42.9 Å². The SMILES string of the molecule is O=C(NC1=NC=CN(CC2CCOCC2)C1)c1cccc2ccccc12. The van der Waals surface area contributed by atoms with E-state index in [-0.39, 0.29) is 5.91 Å². The van der Waals surface area contributed by atoms with Gasteiger partial charge in [0, 0.05) is 37.7 Å². The number of nitrogens with zero attached hydrogens (tertiary/aromatic N) is 2. The lowest BCUT2D eigenvalue weighted by atomic mass is 10.00. The van der Waals surface area contributed by atoms with Crippen LogP contribution in [0.2, 0.25) is 0 Å². The molecule has 0 radical (unpaired) electrons. The lowest BCUT2D eigenvalue weighted by Crippen LogP contribution is -2.41. The summed E-state index contributed by atoms with van der Waals surface area (Å²) in [5, 5.41) is 5.01. The van der Waals surface area contributed by atoms with Crippen LogP contribution >= 0.6 is 0 Å². The summed E-state index contributed by atoms with van der Waals surface area (Å²) in [5.74, 6) is 1.22. The summed E-state index contributed by atoms with van der Waals surface area (Å²) >= 11 is 0. The van der Waals surface area contributed by atoms with Crippen molar-refractivity contribution >= 4 is 22.5 Å².